The zero-order valence-electron chi connectivity index (χ0n) is 9.51. The summed E-state index contributed by atoms with van der Waals surface area (Å²) in [5, 5.41) is 16.9. The van der Waals surface area contributed by atoms with E-state index < -0.39 is 0 Å². The second-order valence-electron chi connectivity index (χ2n) is 3.92. The van der Waals surface area contributed by atoms with E-state index in [9.17, 15) is 0 Å². The van der Waals surface area contributed by atoms with Gasteiger partial charge in [0.1, 0.15) is 0 Å². The van der Waals surface area contributed by atoms with Crippen LogP contribution in [0.25, 0.3) is 5.69 Å². The lowest BCUT2D eigenvalue weighted by atomic mass is 10.1. The third-order valence-electron chi connectivity index (χ3n) is 2.51. The third kappa shape index (κ3) is 2.12. The molecule has 0 aliphatic rings. The van der Waals surface area contributed by atoms with Crippen LogP contribution in [-0.4, -0.2) is 26.7 Å². The second kappa shape index (κ2) is 4.45. The number of aryl methyl sites for hydroxylation is 2. The van der Waals surface area contributed by atoms with E-state index in [-0.39, 0.29) is 6.61 Å². The fourth-order valence-electron chi connectivity index (χ4n) is 1.71. The van der Waals surface area contributed by atoms with Gasteiger partial charge in [-0.1, -0.05) is 22.9 Å². The molecule has 16 heavy (non-hydrogen) atoms. The molecule has 1 N–H and O–H groups in total. The molecule has 84 valence electrons. The fourth-order valence-corrected chi connectivity index (χ4v) is 1.71. The number of rotatable bonds is 3. The summed E-state index contributed by atoms with van der Waals surface area (Å²) in [5.74, 6) is 0. The Morgan fingerprint density at radius 1 is 1.31 bits per heavy atom. The van der Waals surface area contributed by atoms with Gasteiger partial charge in [0, 0.05) is 13.0 Å². The van der Waals surface area contributed by atoms with Crippen LogP contribution in [0.3, 0.4) is 0 Å². The van der Waals surface area contributed by atoms with Crippen molar-refractivity contribution in [1.29, 1.82) is 0 Å². The Morgan fingerprint density at radius 2 is 2.12 bits per heavy atom. The molecule has 0 bridgehead atoms. The summed E-state index contributed by atoms with van der Waals surface area (Å²) in [5.41, 5.74) is 4.24. The smallest absolute Gasteiger partial charge is 0.0854 e. The van der Waals surface area contributed by atoms with Gasteiger partial charge in [-0.25, -0.2) is 4.68 Å². The van der Waals surface area contributed by atoms with Crippen molar-refractivity contribution >= 4 is 0 Å². The lowest BCUT2D eigenvalue weighted by molar-refractivity contribution is 0.298. The first-order valence-electron chi connectivity index (χ1n) is 5.30. The summed E-state index contributed by atoms with van der Waals surface area (Å²) >= 11 is 0. The summed E-state index contributed by atoms with van der Waals surface area (Å²) in [6.45, 7) is 4.22. The van der Waals surface area contributed by atoms with Crippen LogP contribution in [0.5, 0.6) is 0 Å². The van der Waals surface area contributed by atoms with Gasteiger partial charge >= 0.3 is 0 Å². The predicted octanol–water partition coefficient (Wildman–Crippen LogP) is 1.42. The van der Waals surface area contributed by atoms with Gasteiger partial charge in [0.05, 0.1) is 17.6 Å². The normalized spacial score (nSPS) is 10.7. The molecule has 1 aromatic heterocycles. The molecule has 2 aromatic rings. The largest absolute Gasteiger partial charge is 0.396 e. The number of aliphatic hydroxyl groups is 1. The van der Waals surface area contributed by atoms with Crippen LogP contribution in [0.4, 0.5) is 0 Å². The van der Waals surface area contributed by atoms with E-state index in [0.717, 1.165) is 11.4 Å². The maximum Gasteiger partial charge on any atom is 0.0854 e. The summed E-state index contributed by atoms with van der Waals surface area (Å²) in [4.78, 5) is 0. The van der Waals surface area contributed by atoms with E-state index in [1.807, 2.05) is 12.3 Å². The van der Waals surface area contributed by atoms with Gasteiger partial charge in [0.15, 0.2) is 0 Å². The average Bonchev–Trinajstić information content (AvgIpc) is 2.67. The fraction of sp³-hybridized carbons (Fsp3) is 0.333. The Hall–Kier alpha value is -1.68. The zero-order chi connectivity index (χ0) is 11.5. The van der Waals surface area contributed by atoms with Gasteiger partial charge < -0.3 is 5.11 Å². The molecule has 0 radical (unpaired) electrons. The minimum absolute atomic E-state index is 0.103. The van der Waals surface area contributed by atoms with Crippen molar-refractivity contribution in [3.8, 4) is 5.69 Å². The molecule has 4 nitrogen and oxygen atoms in total. The number of aromatic nitrogens is 3. The van der Waals surface area contributed by atoms with E-state index in [1.165, 1.54) is 11.1 Å². The molecule has 0 spiro atoms. The van der Waals surface area contributed by atoms with E-state index >= 15 is 0 Å². The van der Waals surface area contributed by atoms with Crippen molar-refractivity contribution in [3.05, 3.63) is 41.2 Å². The first kappa shape index (κ1) is 10.8. The molecule has 0 unspecified atom stereocenters. The molecule has 4 heteroatoms. The van der Waals surface area contributed by atoms with Crippen LogP contribution in [-0.2, 0) is 6.42 Å². The van der Waals surface area contributed by atoms with Gasteiger partial charge in [-0.05, 0) is 25.5 Å². The average molecular weight is 217 g/mol. The van der Waals surface area contributed by atoms with E-state index in [0.29, 0.717) is 6.42 Å². The Labute approximate surface area is 94.5 Å². The van der Waals surface area contributed by atoms with Crippen LogP contribution in [0.1, 0.15) is 16.8 Å². The number of benzene rings is 1. The van der Waals surface area contributed by atoms with E-state index in [4.69, 9.17) is 5.11 Å². The molecule has 1 heterocycles. The van der Waals surface area contributed by atoms with E-state index in [1.54, 1.807) is 4.68 Å². The number of aliphatic hydroxyl groups excluding tert-OH is 1. The molecular formula is C12H15N3O. The van der Waals surface area contributed by atoms with Gasteiger partial charge in [0.25, 0.3) is 0 Å². The van der Waals surface area contributed by atoms with E-state index in [2.05, 4.69) is 36.3 Å². The summed E-state index contributed by atoms with van der Waals surface area (Å²) in [6, 6.07) is 6.19. The van der Waals surface area contributed by atoms with Crippen molar-refractivity contribution in [1.82, 2.24) is 15.0 Å². The van der Waals surface area contributed by atoms with Crippen molar-refractivity contribution in [2.24, 2.45) is 0 Å². The van der Waals surface area contributed by atoms with Crippen molar-refractivity contribution < 1.29 is 5.11 Å². The Balaban J connectivity index is 2.35. The van der Waals surface area contributed by atoms with Crippen LogP contribution >= 0.6 is 0 Å². The van der Waals surface area contributed by atoms with Gasteiger partial charge in [0.2, 0.25) is 0 Å². The lowest BCUT2D eigenvalue weighted by Gasteiger charge is -2.05. The number of hydrogen-bond donors (Lipinski definition) is 1. The molecule has 0 aliphatic carbocycles. The number of hydrogen-bond acceptors (Lipinski definition) is 3. The van der Waals surface area contributed by atoms with Crippen molar-refractivity contribution in [3.63, 3.8) is 0 Å². The molecule has 0 atom stereocenters. The maximum atomic E-state index is 8.81. The van der Waals surface area contributed by atoms with Crippen LogP contribution in [0.2, 0.25) is 0 Å². The summed E-state index contributed by atoms with van der Waals surface area (Å²) in [6.07, 6.45) is 2.40. The Bertz CT molecular complexity index is 491. The van der Waals surface area contributed by atoms with Gasteiger partial charge in [-0.15, -0.1) is 5.10 Å². The molecule has 0 fully saturated rings. The summed E-state index contributed by atoms with van der Waals surface area (Å²) < 4.78 is 1.75. The Morgan fingerprint density at radius 3 is 2.81 bits per heavy atom. The highest BCUT2D eigenvalue weighted by molar-refractivity contribution is 5.41. The van der Waals surface area contributed by atoms with Crippen LogP contribution in [0.15, 0.2) is 24.4 Å². The standard InChI is InChI=1S/C12H15N3O/c1-9-3-4-12(10(2)7-9)15-8-11(5-6-16)13-14-15/h3-4,7-8,16H,5-6H2,1-2H3. The predicted molar refractivity (Wildman–Crippen MR) is 61.6 cm³/mol. The minimum Gasteiger partial charge on any atom is -0.396 e. The Kier molecular flexibility index (Phi) is 3.01. The van der Waals surface area contributed by atoms with Crippen LogP contribution < -0.4 is 0 Å². The number of nitrogens with zero attached hydrogens (tertiary/aromatic N) is 3. The monoisotopic (exact) mass is 217 g/mol. The van der Waals surface area contributed by atoms with Crippen LogP contribution in [0, 0.1) is 13.8 Å². The molecular weight excluding hydrogens is 202 g/mol. The van der Waals surface area contributed by atoms with Crippen molar-refractivity contribution in [2.45, 2.75) is 20.3 Å². The lowest BCUT2D eigenvalue weighted by Crippen LogP contribution is -1.98. The quantitative estimate of drug-likeness (QED) is 0.846. The molecule has 0 saturated heterocycles. The van der Waals surface area contributed by atoms with Gasteiger partial charge in [-0.2, -0.15) is 0 Å². The maximum absolute atomic E-state index is 8.81. The zero-order valence-corrected chi connectivity index (χ0v) is 9.51. The first-order chi connectivity index (χ1) is 7.70. The highest BCUT2D eigenvalue weighted by atomic mass is 16.3. The molecule has 0 amide bonds. The van der Waals surface area contributed by atoms with Crippen molar-refractivity contribution in [2.75, 3.05) is 6.61 Å². The molecule has 0 saturated carbocycles. The molecule has 0 aliphatic heterocycles. The van der Waals surface area contributed by atoms with Gasteiger partial charge in [-0.3, -0.25) is 0 Å². The molecule has 2 rings (SSSR count). The summed E-state index contributed by atoms with van der Waals surface area (Å²) in [7, 11) is 0. The highest BCUT2D eigenvalue weighted by Crippen LogP contribution is 2.14. The molecule has 1 aromatic carbocycles. The first-order valence-corrected chi connectivity index (χ1v) is 5.30. The SMILES string of the molecule is Cc1ccc(-n2cc(CCO)nn2)c(C)c1. The second-order valence-corrected chi connectivity index (χ2v) is 3.92. The topological polar surface area (TPSA) is 50.9 Å². The minimum atomic E-state index is 0.103. The third-order valence-corrected chi connectivity index (χ3v) is 2.51. The highest BCUT2D eigenvalue weighted by Gasteiger charge is 2.04.